The van der Waals surface area contributed by atoms with Gasteiger partial charge in [-0.15, -0.1) is 0 Å². The lowest BCUT2D eigenvalue weighted by atomic mass is 9.71. The molecule has 0 saturated heterocycles. The summed E-state index contributed by atoms with van der Waals surface area (Å²) >= 11 is 0. The van der Waals surface area contributed by atoms with Crippen LogP contribution in [0.25, 0.3) is 0 Å². The molecule has 98 valence electrons. The van der Waals surface area contributed by atoms with Crippen LogP contribution in [0.4, 0.5) is 0 Å². The van der Waals surface area contributed by atoms with Gasteiger partial charge in [0.2, 0.25) is 0 Å². The Bertz CT molecular complexity index is 273. The van der Waals surface area contributed by atoms with Gasteiger partial charge >= 0.3 is 5.97 Å². The molecule has 0 spiro atoms. The number of hydrogen-bond donors (Lipinski definition) is 0. The lowest BCUT2D eigenvalue weighted by molar-refractivity contribution is -0.143. The number of carbonyl (C=O) groups is 1. The Labute approximate surface area is 105 Å². The molecule has 1 aliphatic carbocycles. The molecule has 0 aromatic carbocycles. The zero-order chi connectivity index (χ0) is 12.9. The molecule has 0 aromatic rings. The van der Waals surface area contributed by atoms with Gasteiger partial charge in [-0.1, -0.05) is 33.3 Å². The highest BCUT2D eigenvalue weighted by molar-refractivity contribution is 5.86. The Kier molecular flexibility index (Phi) is 5.23. The van der Waals surface area contributed by atoms with E-state index in [0.717, 1.165) is 5.92 Å². The second-order valence-electron chi connectivity index (χ2n) is 5.90. The Morgan fingerprint density at radius 2 is 2.00 bits per heavy atom. The number of carbonyl (C=O) groups excluding carboxylic acids is 1. The molecular weight excluding hydrogens is 212 g/mol. The van der Waals surface area contributed by atoms with Crippen molar-refractivity contribution in [2.75, 3.05) is 6.61 Å². The van der Waals surface area contributed by atoms with E-state index < -0.39 is 0 Å². The van der Waals surface area contributed by atoms with E-state index in [1.807, 2.05) is 0 Å². The maximum Gasteiger partial charge on any atom is 0.333 e. The Balaban J connectivity index is 2.34. The maximum atomic E-state index is 11.4. The highest BCUT2D eigenvalue weighted by Crippen LogP contribution is 2.40. The molecular formula is C15H26O2. The van der Waals surface area contributed by atoms with Crippen LogP contribution in [-0.4, -0.2) is 12.6 Å². The molecule has 2 heteroatoms. The monoisotopic (exact) mass is 238 g/mol. The third kappa shape index (κ3) is 4.53. The van der Waals surface area contributed by atoms with Gasteiger partial charge in [0.25, 0.3) is 0 Å². The molecule has 1 aliphatic rings. The summed E-state index contributed by atoms with van der Waals surface area (Å²) in [4.78, 5) is 11.4. The summed E-state index contributed by atoms with van der Waals surface area (Å²) in [5.41, 5.74) is 0.684. The van der Waals surface area contributed by atoms with Crippen LogP contribution in [0.2, 0.25) is 0 Å². The summed E-state index contributed by atoms with van der Waals surface area (Å²) in [6, 6.07) is 0. The van der Waals surface area contributed by atoms with E-state index in [9.17, 15) is 4.79 Å². The number of hydrogen-bond acceptors (Lipinski definition) is 2. The Hall–Kier alpha value is -0.790. The van der Waals surface area contributed by atoms with Crippen molar-refractivity contribution in [2.24, 2.45) is 11.3 Å². The van der Waals surface area contributed by atoms with E-state index in [2.05, 4.69) is 20.4 Å². The van der Waals surface area contributed by atoms with Crippen LogP contribution < -0.4 is 0 Å². The van der Waals surface area contributed by atoms with E-state index in [4.69, 9.17) is 4.74 Å². The molecule has 0 radical (unpaired) electrons. The van der Waals surface area contributed by atoms with E-state index in [1.165, 1.54) is 38.5 Å². The van der Waals surface area contributed by atoms with E-state index in [0.29, 0.717) is 12.2 Å². The third-order valence-electron chi connectivity index (χ3n) is 3.91. The second kappa shape index (κ2) is 6.23. The average molecular weight is 238 g/mol. The fourth-order valence-corrected chi connectivity index (χ4v) is 2.58. The smallest absolute Gasteiger partial charge is 0.333 e. The van der Waals surface area contributed by atoms with Crippen LogP contribution >= 0.6 is 0 Å². The van der Waals surface area contributed by atoms with Gasteiger partial charge in [-0.25, -0.2) is 4.79 Å². The molecule has 1 saturated carbocycles. The predicted octanol–water partition coefficient (Wildman–Crippen LogP) is 4.10. The van der Waals surface area contributed by atoms with Crippen molar-refractivity contribution < 1.29 is 9.53 Å². The lowest BCUT2D eigenvalue weighted by Gasteiger charge is -2.36. The van der Waals surface area contributed by atoms with Crippen molar-refractivity contribution in [2.45, 2.75) is 59.3 Å². The zero-order valence-electron chi connectivity index (χ0n) is 11.6. The molecule has 2 nitrogen and oxygen atoms in total. The quantitative estimate of drug-likeness (QED) is 0.532. The molecule has 0 bridgehead atoms. The average Bonchev–Trinajstić information content (AvgIpc) is 2.30. The minimum atomic E-state index is -0.248. The van der Waals surface area contributed by atoms with Crippen molar-refractivity contribution in [1.29, 1.82) is 0 Å². The molecule has 0 unspecified atom stereocenters. The fraction of sp³-hybridized carbons (Fsp3) is 0.800. The maximum absolute atomic E-state index is 11.4. The van der Waals surface area contributed by atoms with Crippen LogP contribution in [-0.2, 0) is 9.53 Å². The summed E-state index contributed by atoms with van der Waals surface area (Å²) < 4.78 is 5.30. The van der Waals surface area contributed by atoms with Crippen molar-refractivity contribution in [3.63, 3.8) is 0 Å². The standard InChI is InChI=1S/C15H26O2/c1-5-6-13-7-9-15(4,10-8-13)11-17-14(16)12(2)3/h13H,2,5-11H2,1,3-4H3. The Morgan fingerprint density at radius 1 is 1.41 bits per heavy atom. The number of rotatable bonds is 5. The van der Waals surface area contributed by atoms with Gasteiger partial charge in [0.1, 0.15) is 0 Å². The predicted molar refractivity (Wildman–Crippen MR) is 70.7 cm³/mol. The first-order chi connectivity index (χ1) is 7.97. The molecule has 0 aliphatic heterocycles. The highest BCUT2D eigenvalue weighted by atomic mass is 16.5. The van der Waals surface area contributed by atoms with Crippen LogP contribution in [0.15, 0.2) is 12.2 Å². The summed E-state index contributed by atoms with van der Waals surface area (Å²) in [6.07, 6.45) is 7.57. The number of esters is 1. The normalized spacial score (nSPS) is 28.8. The van der Waals surface area contributed by atoms with Crippen molar-refractivity contribution >= 4 is 5.97 Å². The topological polar surface area (TPSA) is 26.3 Å². The van der Waals surface area contributed by atoms with Gasteiger partial charge in [-0.05, 0) is 38.5 Å². The zero-order valence-corrected chi connectivity index (χ0v) is 11.6. The van der Waals surface area contributed by atoms with Crippen molar-refractivity contribution in [3.8, 4) is 0 Å². The Morgan fingerprint density at radius 3 is 2.47 bits per heavy atom. The first-order valence-corrected chi connectivity index (χ1v) is 6.79. The fourth-order valence-electron chi connectivity index (χ4n) is 2.58. The van der Waals surface area contributed by atoms with Crippen molar-refractivity contribution in [1.82, 2.24) is 0 Å². The SMILES string of the molecule is C=C(C)C(=O)OCC1(C)CCC(CCC)CC1. The summed E-state index contributed by atoms with van der Waals surface area (Å²) in [5, 5.41) is 0. The van der Waals surface area contributed by atoms with Gasteiger partial charge in [-0.3, -0.25) is 0 Å². The van der Waals surface area contributed by atoms with Crippen LogP contribution in [0.1, 0.15) is 59.3 Å². The van der Waals surface area contributed by atoms with Gasteiger partial charge in [-0.2, -0.15) is 0 Å². The summed E-state index contributed by atoms with van der Waals surface area (Å²) in [5.74, 6) is 0.645. The summed E-state index contributed by atoms with van der Waals surface area (Å²) in [7, 11) is 0. The molecule has 1 fully saturated rings. The van der Waals surface area contributed by atoms with Gasteiger partial charge in [0, 0.05) is 11.0 Å². The third-order valence-corrected chi connectivity index (χ3v) is 3.91. The second-order valence-corrected chi connectivity index (χ2v) is 5.90. The molecule has 0 N–H and O–H groups in total. The molecule has 17 heavy (non-hydrogen) atoms. The molecule has 1 rings (SSSR count). The molecule has 0 aromatic heterocycles. The van der Waals surface area contributed by atoms with Crippen LogP contribution in [0.3, 0.4) is 0 Å². The van der Waals surface area contributed by atoms with Crippen LogP contribution in [0, 0.1) is 11.3 Å². The van der Waals surface area contributed by atoms with E-state index >= 15 is 0 Å². The molecule has 0 amide bonds. The summed E-state index contributed by atoms with van der Waals surface area (Å²) in [6.45, 7) is 10.3. The first kappa shape index (κ1) is 14.3. The van der Waals surface area contributed by atoms with E-state index in [1.54, 1.807) is 6.92 Å². The highest BCUT2D eigenvalue weighted by Gasteiger charge is 2.32. The van der Waals surface area contributed by atoms with Crippen molar-refractivity contribution in [3.05, 3.63) is 12.2 Å². The minimum Gasteiger partial charge on any atom is -0.462 e. The van der Waals surface area contributed by atoms with Gasteiger partial charge in [0.05, 0.1) is 6.61 Å². The number of ether oxygens (including phenoxy) is 1. The molecule has 0 heterocycles. The minimum absolute atomic E-state index is 0.190. The van der Waals surface area contributed by atoms with Crippen LogP contribution in [0.5, 0.6) is 0 Å². The van der Waals surface area contributed by atoms with E-state index in [-0.39, 0.29) is 11.4 Å². The largest absolute Gasteiger partial charge is 0.462 e. The lowest BCUT2D eigenvalue weighted by Crippen LogP contribution is -2.30. The van der Waals surface area contributed by atoms with Gasteiger partial charge < -0.3 is 4.74 Å². The molecule has 0 atom stereocenters. The first-order valence-electron chi connectivity index (χ1n) is 6.79. The van der Waals surface area contributed by atoms with Gasteiger partial charge in [0.15, 0.2) is 0 Å².